The van der Waals surface area contributed by atoms with Gasteiger partial charge in [-0.05, 0) is 12.8 Å². The number of urea groups is 1. The lowest BCUT2D eigenvalue weighted by molar-refractivity contribution is -0.223. The first kappa shape index (κ1) is 14.0. The summed E-state index contributed by atoms with van der Waals surface area (Å²) in [4.78, 5) is 27.5. The highest BCUT2D eigenvalue weighted by Gasteiger charge is 2.50. The maximum Gasteiger partial charge on any atom is 0.368 e. The third-order valence-electron chi connectivity index (χ3n) is 3.05. The molecule has 0 saturated carbocycles. The van der Waals surface area contributed by atoms with Gasteiger partial charge in [0.05, 0.1) is 6.04 Å². The molecule has 0 unspecified atom stereocenters. The predicted octanol–water partition coefficient (Wildman–Crippen LogP) is -1.19. The number of rotatable bonds is 4. The van der Waals surface area contributed by atoms with Crippen LogP contribution < -0.4 is 5.14 Å². The molecule has 3 atom stereocenters. The minimum absolute atomic E-state index is 0.00622. The van der Waals surface area contributed by atoms with Crippen molar-refractivity contribution in [2.75, 3.05) is 6.54 Å². The zero-order chi connectivity index (χ0) is 14.4. The van der Waals surface area contributed by atoms with Crippen LogP contribution >= 0.6 is 0 Å². The maximum absolute atomic E-state index is 13.0. The molecule has 2 aliphatic heterocycles. The molecule has 2 amide bonds. The molecule has 0 aliphatic carbocycles. The van der Waals surface area contributed by atoms with Gasteiger partial charge in [0.15, 0.2) is 0 Å². The van der Waals surface area contributed by atoms with E-state index in [0.717, 1.165) is 4.90 Å². The smallest absolute Gasteiger partial charge is 0.368 e. The highest BCUT2D eigenvalue weighted by Crippen LogP contribution is 2.32. The van der Waals surface area contributed by atoms with Crippen LogP contribution in [0.3, 0.4) is 0 Å². The zero-order valence-corrected chi connectivity index (χ0v) is 10.4. The number of alkyl halides is 1. The molecule has 11 heteroatoms. The van der Waals surface area contributed by atoms with Gasteiger partial charge in [0.25, 0.3) is 0 Å². The number of aliphatic carboxylic acids is 1. The van der Waals surface area contributed by atoms with E-state index in [4.69, 9.17) is 10.2 Å². The van der Waals surface area contributed by atoms with Crippen molar-refractivity contribution in [2.45, 2.75) is 30.6 Å². The third-order valence-corrected chi connectivity index (χ3v) is 4.30. The van der Waals surface area contributed by atoms with E-state index < -0.39 is 39.8 Å². The van der Waals surface area contributed by atoms with Crippen LogP contribution in [-0.2, 0) is 19.7 Å². The third kappa shape index (κ3) is 2.48. The lowest BCUT2D eigenvalue weighted by Gasteiger charge is -2.28. The molecular formula is C8H12FN3O6S. The first-order valence-corrected chi connectivity index (χ1v) is 6.98. The predicted molar refractivity (Wildman–Crippen MR) is 57.5 cm³/mol. The summed E-state index contributed by atoms with van der Waals surface area (Å²) in [5.74, 6) is -1.87. The minimum atomic E-state index is -3.95. The molecular weight excluding hydrogens is 285 g/mol. The van der Waals surface area contributed by atoms with Crippen LogP contribution in [0.5, 0.6) is 0 Å². The van der Waals surface area contributed by atoms with Crippen molar-refractivity contribution in [3.63, 3.8) is 0 Å². The number of hydrogen-bond acceptors (Lipinski definition) is 5. The fourth-order valence-corrected chi connectivity index (χ4v) is 3.22. The highest BCUT2D eigenvalue weighted by molar-refractivity contribution is 7.89. The highest BCUT2D eigenvalue weighted by atomic mass is 32.2. The van der Waals surface area contributed by atoms with Crippen molar-refractivity contribution < 1.29 is 32.3 Å². The fourth-order valence-electron chi connectivity index (χ4n) is 2.22. The van der Waals surface area contributed by atoms with Gasteiger partial charge in [-0.2, -0.15) is 5.06 Å². The van der Waals surface area contributed by atoms with Gasteiger partial charge in [-0.1, -0.05) is 0 Å². The van der Waals surface area contributed by atoms with E-state index in [1.54, 1.807) is 0 Å². The number of amides is 2. The molecule has 0 aromatic rings. The minimum Gasteiger partial charge on any atom is -0.477 e. The van der Waals surface area contributed by atoms with Crippen LogP contribution in [-0.4, -0.2) is 59.8 Å². The summed E-state index contributed by atoms with van der Waals surface area (Å²) in [6.45, 7) is 0.00622. The van der Waals surface area contributed by atoms with Crippen LogP contribution in [0.15, 0.2) is 0 Å². The number of hydroxylamine groups is 2. The summed E-state index contributed by atoms with van der Waals surface area (Å²) in [6, 6.07) is -1.48. The largest absolute Gasteiger partial charge is 0.477 e. The average molecular weight is 297 g/mol. The molecule has 3 N–H and O–H groups in total. The molecule has 2 rings (SSSR count). The molecule has 2 heterocycles. The van der Waals surface area contributed by atoms with Crippen LogP contribution in [0.2, 0.25) is 0 Å². The molecule has 2 bridgehead atoms. The van der Waals surface area contributed by atoms with Crippen molar-refractivity contribution in [3.8, 4) is 0 Å². The van der Waals surface area contributed by atoms with Crippen LogP contribution in [0.1, 0.15) is 12.8 Å². The Bertz CT molecular complexity index is 511. The number of primary sulfonamides is 1. The number of fused-ring (bicyclic) bond motifs is 2. The van der Waals surface area contributed by atoms with Crippen LogP contribution in [0.4, 0.5) is 9.18 Å². The van der Waals surface area contributed by atoms with E-state index in [9.17, 15) is 22.4 Å². The Balaban J connectivity index is 2.16. The summed E-state index contributed by atoms with van der Waals surface area (Å²) in [5, 5.41) is 12.8. The van der Waals surface area contributed by atoms with E-state index in [0.29, 0.717) is 5.06 Å². The number of carbonyl (C=O) groups is 2. The second kappa shape index (κ2) is 4.58. The summed E-state index contributed by atoms with van der Waals surface area (Å²) in [6.07, 6.45) is -2.35. The van der Waals surface area contributed by atoms with Gasteiger partial charge in [-0.3, -0.25) is 0 Å². The first-order chi connectivity index (χ1) is 8.71. The van der Waals surface area contributed by atoms with Crippen molar-refractivity contribution >= 4 is 22.0 Å². The number of halogens is 1. The van der Waals surface area contributed by atoms with Gasteiger partial charge in [0.1, 0.15) is 5.37 Å². The van der Waals surface area contributed by atoms with E-state index in [-0.39, 0.29) is 19.4 Å². The Labute approximate surface area is 107 Å². The Morgan fingerprint density at radius 1 is 1.53 bits per heavy atom. The Morgan fingerprint density at radius 2 is 2.16 bits per heavy atom. The van der Waals surface area contributed by atoms with Gasteiger partial charge in [-0.25, -0.2) is 32.4 Å². The molecule has 0 spiro atoms. The normalized spacial score (nSPS) is 28.6. The van der Waals surface area contributed by atoms with Gasteiger partial charge in [0.2, 0.25) is 10.0 Å². The Hall–Kier alpha value is -1.46. The van der Waals surface area contributed by atoms with E-state index in [1.807, 2.05) is 0 Å². The fraction of sp³-hybridized carbons (Fsp3) is 0.750. The van der Waals surface area contributed by atoms with Crippen molar-refractivity contribution in [3.05, 3.63) is 0 Å². The monoisotopic (exact) mass is 297 g/mol. The van der Waals surface area contributed by atoms with Crippen molar-refractivity contribution in [2.24, 2.45) is 5.14 Å². The van der Waals surface area contributed by atoms with Gasteiger partial charge >= 0.3 is 18.4 Å². The summed E-state index contributed by atoms with van der Waals surface area (Å²) in [7, 11) is -3.95. The second-order valence-electron chi connectivity index (χ2n) is 4.30. The number of piperidine rings is 1. The molecule has 108 valence electrons. The van der Waals surface area contributed by atoms with Crippen molar-refractivity contribution in [1.82, 2.24) is 9.96 Å². The average Bonchev–Trinajstić information content (AvgIpc) is 2.52. The van der Waals surface area contributed by atoms with E-state index in [1.165, 1.54) is 0 Å². The number of carboxylic acid groups (broad SMARTS) is 1. The van der Waals surface area contributed by atoms with E-state index >= 15 is 0 Å². The number of carboxylic acids is 1. The lowest BCUT2D eigenvalue weighted by atomic mass is 10.1. The summed E-state index contributed by atoms with van der Waals surface area (Å²) >= 11 is 0. The van der Waals surface area contributed by atoms with Crippen molar-refractivity contribution in [1.29, 1.82) is 0 Å². The zero-order valence-electron chi connectivity index (χ0n) is 9.60. The molecule has 2 aliphatic rings. The van der Waals surface area contributed by atoms with Crippen LogP contribution in [0.25, 0.3) is 0 Å². The molecule has 9 nitrogen and oxygen atoms in total. The maximum atomic E-state index is 13.0. The molecule has 0 aromatic heterocycles. The van der Waals surface area contributed by atoms with Gasteiger partial charge in [-0.15, -0.1) is 0 Å². The number of hydrogen-bond donors (Lipinski definition) is 2. The molecule has 2 saturated heterocycles. The number of carbonyl (C=O) groups excluding carboxylic acids is 1. The summed E-state index contributed by atoms with van der Waals surface area (Å²) in [5.41, 5.74) is 0. The van der Waals surface area contributed by atoms with Gasteiger partial charge < -0.3 is 10.0 Å². The molecule has 0 radical (unpaired) electrons. The Morgan fingerprint density at radius 3 is 2.68 bits per heavy atom. The SMILES string of the molecule is NS(=O)(=O)[C@@H]1CC[C@@H]2CN1C(=O)N2O[C@H](F)C(=O)O. The molecule has 19 heavy (non-hydrogen) atoms. The number of nitrogens with zero attached hydrogens (tertiary/aromatic N) is 2. The first-order valence-electron chi connectivity index (χ1n) is 5.37. The quantitative estimate of drug-likeness (QED) is 0.671. The number of nitrogens with two attached hydrogens (primary N) is 1. The standard InChI is InChI=1S/C8H12FN3O6S/c9-6(7(13)14)18-12-4-1-2-5(19(10,16)17)11(3-4)8(12)15/h4-6H,1-3H2,(H,13,14)(H2,10,16,17)/t4-,5-,6+/m1/s1. The van der Waals surface area contributed by atoms with Crippen LogP contribution in [0, 0.1) is 0 Å². The molecule has 0 aromatic carbocycles. The Kier molecular flexibility index (Phi) is 3.36. The second-order valence-corrected chi connectivity index (χ2v) is 6.02. The van der Waals surface area contributed by atoms with Gasteiger partial charge in [0, 0.05) is 6.54 Å². The number of sulfonamides is 1. The van der Waals surface area contributed by atoms with E-state index in [2.05, 4.69) is 4.84 Å². The topological polar surface area (TPSA) is 130 Å². The molecule has 2 fully saturated rings. The lowest BCUT2D eigenvalue weighted by Crippen LogP contribution is -2.47. The summed E-state index contributed by atoms with van der Waals surface area (Å²) < 4.78 is 35.6.